The van der Waals surface area contributed by atoms with Crippen LogP contribution in [0.1, 0.15) is 11.5 Å². The highest BCUT2D eigenvalue weighted by Gasteiger charge is 2.36. The van der Waals surface area contributed by atoms with Crippen LogP contribution >= 0.6 is 0 Å². The number of rotatable bonds is 4. The van der Waals surface area contributed by atoms with Gasteiger partial charge in [-0.25, -0.2) is 0 Å². The zero-order valence-electron chi connectivity index (χ0n) is 15.8. The molecule has 0 unspecified atom stereocenters. The Morgan fingerprint density at radius 3 is 2.41 bits per heavy atom. The van der Waals surface area contributed by atoms with E-state index in [2.05, 4.69) is 46.4 Å². The van der Waals surface area contributed by atoms with Crippen LogP contribution in [0.2, 0.25) is 0 Å². The molecule has 0 aromatic heterocycles. The summed E-state index contributed by atoms with van der Waals surface area (Å²) < 4.78 is 5.41. The Bertz CT molecular complexity index is 757. The van der Waals surface area contributed by atoms with Crippen LogP contribution in [0, 0.1) is 5.92 Å². The van der Waals surface area contributed by atoms with Crippen molar-refractivity contribution in [3.8, 4) is 0 Å². The number of carbonyl (C=O) groups excluding carboxylic acids is 1. The summed E-state index contributed by atoms with van der Waals surface area (Å²) in [6.07, 6.45) is 0. The fraction of sp³-hybridized carbons (Fsp3) is 0.409. The Balaban J connectivity index is 1.43. The van der Waals surface area contributed by atoms with E-state index in [0.29, 0.717) is 0 Å². The number of anilines is 2. The van der Waals surface area contributed by atoms with Crippen LogP contribution in [0.5, 0.6) is 0 Å². The van der Waals surface area contributed by atoms with Crippen molar-refractivity contribution in [2.75, 3.05) is 56.7 Å². The SMILES string of the molecule is CN1C[C@@H](C(=O)Nc2ccc(N3CCOCC3)cc2)[C@H](c2ccccc2)C1. The van der Waals surface area contributed by atoms with Gasteiger partial charge in [0, 0.05) is 43.5 Å². The Hall–Kier alpha value is -2.37. The summed E-state index contributed by atoms with van der Waals surface area (Å²) in [7, 11) is 2.08. The maximum absolute atomic E-state index is 13.0. The minimum Gasteiger partial charge on any atom is -0.378 e. The third kappa shape index (κ3) is 4.15. The number of benzene rings is 2. The van der Waals surface area contributed by atoms with Gasteiger partial charge in [0.05, 0.1) is 19.1 Å². The molecule has 2 heterocycles. The first-order valence-electron chi connectivity index (χ1n) is 9.68. The Kier molecular flexibility index (Phi) is 5.41. The lowest BCUT2D eigenvalue weighted by molar-refractivity contribution is -0.119. The van der Waals surface area contributed by atoms with Gasteiger partial charge in [-0.3, -0.25) is 4.79 Å². The van der Waals surface area contributed by atoms with Gasteiger partial charge in [0.2, 0.25) is 5.91 Å². The molecule has 0 saturated carbocycles. The molecule has 2 atom stereocenters. The van der Waals surface area contributed by atoms with Gasteiger partial charge in [0.25, 0.3) is 0 Å². The van der Waals surface area contributed by atoms with Crippen LogP contribution in [0.3, 0.4) is 0 Å². The second-order valence-electron chi connectivity index (χ2n) is 7.48. The average molecular weight is 365 g/mol. The van der Waals surface area contributed by atoms with E-state index >= 15 is 0 Å². The van der Waals surface area contributed by atoms with Crippen molar-refractivity contribution >= 4 is 17.3 Å². The average Bonchev–Trinajstić information content (AvgIpc) is 3.12. The van der Waals surface area contributed by atoms with Gasteiger partial charge >= 0.3 is 0 Å². The largest absolute Gasteiger partial charge is 0.378 e. The van der Waals surface area contributed by atoms with Crippen LogP contribution in [-0.2, 0) is 9.53 Å². The third-order valence-electron chi connectivity index (χ3n) is 5.58. The first-order valence-corrected chi connectivity index (χ1v) is 9.68. The first kappa shape index (κ1) is 18.0. The Morgan fingerprint density at radius 2 is 1.70 bits per heavy atom. The number of amides is 1. The second-order valence-corrected chi connectivity index (χ2v) is 7.48. The van der Waals surface area contributed by atoms with E-state index in [1.807, 2.05) is 30.3 Å². The molecule has 5 nitrogen and oxygen atoms in total. The van der Waals surface area contributed by atoms with E-state index in [4.69, 9.17) is 4.74 Å². The van der Waals surface area contributed by atoms with Gasteiger partial charge in [-0.05, 0) is 36.9 Å². The highest BCUT2D eigenvalue weighted by molar-refractivity contribution is 5.93. The predicted octanol–water partition coefficient (Wildman–Crippen LogP) is 2.81. The molecule has 2 aromatic carbocycles. The van der Waals surface area contributed by atoms with Gasteiger partial charge < -0.3 is 19.9 Å². The maximum atomic E-state index is 13.0. The number of ether oxygens (including phenoxy) is 1. The summed E-state index contributed by atoms with van der Waals surface area (Å²) in [6, 6.07) is 18.5. The lowest BCUT2D eigenvalue weighted by atomic mass is 9.88. The molecule has 2 saturated heterocycles. The fourth-order valence-corrected chi connectivity index (χ4v) is 4.12. The Labute approximate surface area is 160 Å². The number of likely N-dealkylation sites (tertiary alicyclic amines) is 1. The monoisotopic (exact) mass is 365 g/mol. The summed E-state index contributed by atoms with van der Waals surface area (Å²) >= 11 is 0. The fourth-order valence-electron chi connectivity index (χ4n) is 4.12. The van der Waals surface area contributed by atoms with Crippen LogP contribution in [0.25, 0.3) is 0 Å². The van der Waals surface area contributed by atoms with Gasteiger partial charge in [0.1, 0.15) is 0 Å². The molecule has 1 amide bonds. The normalized spacial score (nSPS) is 23.4. The van der Waals surface area contributed by atoms with E-state index < -0.39 is 0 Å². The highest BCUT2D eigenvalue weighted by atomic mass is 16.5. The molecule has 0 spiro atoms. The topological polar surface area (TPSA) is 44.8 Å². The summed E-state index contributed by atoms with van der Waals surface area (Å²) in [6.45, 7) is 5.08. The molecule has 2 fully saturated rings. The summed E-state index contributed by atoms with van der Waals surface area (Å²) in [5, 5.41) is 3.13. The molecule has 2 aromatic rings. The van der Waals surface area contributed by atoms with E-state index in [-0.39, 0.29) is 17.7 Å². The van der Waals surface area contributed by atoms with E-state index in [1.54, 1.807) is 0 Å². The molecule has 0 aliphatic carbocycles. The number of likely N-dealkylation sites (N-methyl/N-ethyl adjacent to an activating group) is 1. The van der Waals surface area contributed by atoms with Gasteiger partial charge in [-0.1, -0.05) is 30.3 Å². The third-order valence-corrected chi connectivity index (χ3v) is 5.58. The quantitative estimate of drug-likeness (QED) is 0.905. The van der Waals surface area contributed by atoms with Crippen LogP contribution in [0.15, 0.2) is 54.6 Å². The number of hydrogen-bond acceptors (Lipinski definition) is 4. The number of hydrogen-bond donors (Lipinski definition) is 1. The molecule has 5 heteroatoms. The number of carbonyl (C=O) groups is 1. The van der Waals surface area contributed by atoms with Crippen LogP contribution in [0.4, 0.5) is 11.4 Å². The standard InChI is InChI=1S/C22H27N3O2/c1-24-15-20(17-5-3-2-4-6-17)21(16-24)22(26)23-18-7-9-19(10-8-18)25-11-13-27-14-12-25/h2-10,20-21H,11-16H2,1H3,(H,23,26)/t20-,21+/m0/s1. The smallest absolute Gasteiger partial charge is 0.229 e. The highest BCUT2D eigenvalue weighted by Crippen LogP contribution is 2.33. The summed E-state index contributed by atoms with van der Waals surface area (Å²) in [5.41, 5.74) is 3.28. The number of nitrogens with zero attached hydrogens (tertiary/aromatic N) is 2. The van der Waals surface area contributed by atoms with E-state index in [9.17, 15) is 4.79 Å². The lowest BCUT2D eigenvalue weighted by Gasteiger charge is -2.29. The second kappa shape index (κ2) is 8.11. The van der Waals surface area contributed by atoms with Crippen molar-refractivity contribution in [2.45, 2.75) is 5.92 Å². The summed E-state index contributed by atoms with van der Waals surface area (Å²) in [4.78, 5) is 17.5. The van der Waals surface area contributed by atoms with Gasteiger partial charge in [-0.2, -0.15) is 0 Å². The molecule has 27 heavy (non-hydrogen) atoms. The zero-order valence-corrected chi connectivity index (χ0v) is 15.8. The van der Waals surface area contributed by atoms with Crippen LogP contribution in [-0.4, -0.2) is 57.2 Å². The zero-order chi connectivity index (χ0) is 18.6. The van der Waals surface area contributed by atoms with E-state index in [1.165, 1.54) is 11.3 Å². The van der Waals surface area contributed by atoms with Crippen molar-refractivity contribution < 1.29 is 9.53 Å². The predicted molar refractivity (Wildman–Crippen MR) is 108 cm³/mol. The minimum absolute atomic E-state index is 0.0312. The van der Waals surface area contributed by atoms with Crippen molar-refractivity contribution in [1.82, 2.24) is 4.90 Å². The molecule has 0 radical (unpaired) electrons. The van der Waals surface area contributed by atoms with Crippen molar-refractivity contribution in [1.29, 1.82) is 0 Å². The van der Waals surface area contributed by atoms with Crippen molar-refractivity contribution in [2.24, 2.45) is 5.92 Å². The maximum Gasteiger partial charge on any atom is 0.229 e. The number of morpholine rings is 1. The molecule has 2 aliphatic heterocycles. The minimum atomic E-state index is -0.0312. The molecule has 2 aliphatic rings. The molecular weight excluding hydrogens is 338 g/mol. The molecule has 142 valence electrons. The first-order chi connectivity index (χ1) is 13.2. The van der Waals surface area contributed by atoms with Crippen molar-refractivity contribution in [3.63, 3.8) is 0 Å². The molecule has 1 N–H and O–H groups in total. The molecule has 4 rings (SSSR count). The molecular formula is C22H27N3O2. The van der Waals surface area contributed by atoms with Crippen LogP contribution < -0.4 is 10.2 Å². The van der Waals surface area contributed by atoms with Crippen molar-refractivity contribution in [3.05, 3.63) is 60.2 Å². The summed E-state index contributed by atoms with van der Waals surface area (Å²) in [5.74, 6) is 0.312. The van der Waals surface area contributed by atoms with E-state index in [0.717, 1.165) is 45.1 Å². The lowest BCUT2D eigenvalue weighted by Crippen LogP contribution is -2.36. The molecule has 0 bridgehead atoms. The van der Waals surface area contributed by atoms with Gasteiger partial charge in [0.15, 0.2) is 0 Å². The number of nitrogens with one attached hydrogen (secondary N) is 1. The Morgan fingerprint density at radius 1 is 1.00 bits per heavy atom. The van der Waals surface area contributed by atoms with Gasteiger partial charge in [-0.15, -0.1) is 0 Å².